The third kappa shape index (κ3) is 1.50. The molecule has 0 unspecified atom stereocenters. The first kappa shape index (κ1) is 10.5. The maximum atomic E-state index is 11.4. The summed E-state index contributed by atoms with van der Waals surface area (Å²) >= 11 is 0. The van der Waals surface area contributed by atoms with E-state index in [0.29, 0.717) is 4.09 Å². The molecule has 0 radical (unpaired) electrons. The first-order chi connectivity index (χ1) is 7.41. The monoisotopic (exact) mass is 241 g/mol. The van der Waals surface area contributed by atoms with Gasteiger partial charge in [-0.15, -0.1) is 5.10 Å². The van der Waals surface area contributed by atoms with Crippen molar-refractivity contribution in [2.24, 2.45) is 5.73 Å². The second-order valence-corrected chi connectivity index (χ2v) is 4.89. The van der Waals surface area contributed by atoms with E-state index in [1.54, 1.807) is 0 Å². The maximum absolute atomic E-state index is 11.4. The van der Waals surface area contributed by atoms with E-state index in [9.17, 15) is 13.2 Å². The van der Waals surface area contributed by atoms with Gasteiger partial charge in [-0.05, 0) is 0 Å². The lowest BCUT2D eigenvalue weighted by atomic mass is 10.3. The summed E-state index contributed by atoms with van der Waals surface area (Å²) in [6.07, 6.45) is 3.39. The Morgan fingerprint density at radius 3 is 2.75 bits per heavy atom. The predicted octanol–water partition coefficient (Wildman–Crippen LogP) is -1.27. The Hall–Kier alpha value is -2.03. The van der Waals surface area contributed by atoms with Crippen LogP contribution in [-0.4, -0.2) is 39.7 Å². The van der Waals surface area contributed by atoms with E-state index < -0.39 is 15.9 Å². The molecule has 1 amide bonds. The number of primary amides is 1. The number of fused-ring (bicyclic) bond motifs is 1. The fourth-order valence-electron chi connectivity index (χ4n) is 1.26. The number of nitrogens with two attached hydrogens (primary N) is 1. The normalized spacial score (nSPS) is 11.8. The third-order valence-electron chi connectivity index (χ3n) is 1.86. The Labute approximate surface area is 90.2 Å². The van der Waals surface area contributed by atoms with Gasteiger partial charge in [0.05, 0.1) is 12.5 Å². The Balaban J connectivity index is 2.93. The Morgan fingerprint density at radius 2 is 2.19 bits per heavy atom. The molecule has 0 spiro atoms. The van der Waals surface area contributed by atoms with Gasteiger partial charge in [0.1, 0.15) is 17.4 Å². The van der Waals surface area contributed by atoms with Crippen LogP contribution in [0.3, 0.4) is 0 Å². The van der Waals surface area contributed by atoms with Crippen LogP contribution in [0.4, 0.5) is 0 Å². The zero-order chi connectivity index (χ0) is 11.9. The molecular weight excluding hydrogens is 234 g/mol. The van der Waals surface area contributed by atoms with Crippen LogP contribution >= 0.6 is 0 Å². The highest BCUT2D eigenvalue weighted by Crippen LogP contribution is 2.15. The van der Waals surface area contributed by atoms with Gasteiger partial charge >= 0.3 is 0 Å². The maximum Gasteiger partial charge on any atom is 0.271 e. The number of amides is 1. The minimum Gasteiger partial charge on any atom is -0.364 e. The second kappa shape index (κ2) is 3.23. The standard InChI is InChI=1S/C7H7N5O3S/c1-16(14,15)12-4-2-9-3-10-5(4)6(11-12)7(8)13/h2-3H,1H3,(H2,8,13). The summed E-state index contributed by atoms with van der Waals surface area (Å²) in [7, 11) is -3.62. The van der Waals surface area contributed by atoms with Crippen molar-refractivity contribution in [3.05, 3.63) is 18.2 Å². The van der Waals surface area contributed by atoms with Gasteiger partial charge in [-0.1, -0.05) is 0 Å². The van der Waals surface area contributed by atoms with Gasteiger partial charge in [0.15, 0.2) is 5.69 Å². The van der Waals surface area contributed by atoms with Gasteiger partial charge in [-0.3, -0.25) is 4.79 Å². The molecule has 0 aromatic carbocycles. The molecule has 0 fully saturated rings. The highest BCUT2D eigenvalue weighted by atomic mass is 32.2. The molecule has 0 aliphatic carbocycles. The SMILES string of the molecule is CS(=O)(=O)n1nc(C(N)=O)c2ncncc21. The van der Waals surface area contributed by atoms with E-state index in [-0.39, 0.29) is 16.7 Å². The molecule has 8 nitrogen and oxygen atoms in total. The Bertz CT molecular complexity index is 674. The van der Waals surface area contributed by atoms with Crippen LogP contribution in [0.5, 0.6) is 0 Å². The van der Waals surface area contributed by atoms with E-state index in [1.807, 2.05) is 0 Å². The summed E-state index contributed by atoms with van der Waals surface area (Å²) < 4.78 is 23.4. The molecule has 0 atom stereocenters. The number of rotatable bonds is 2. The largest absolute Gasteiger partial charge is 0.364 e. The minimum absolute atomic E-state index is 0.118. The fraction of sp³-hybridized carbons (Fsp3) is 0.143. The zero-order valence-electron chi connectivity index (χ0n) is 8.15. The van der Waals surface area contributed by atoms with Crippen LogP contribution in [0.15, 0.2) is 12.5 Å². The van der Waals surface area contributed by atoms with Gasteiger partial charge in [0, 0.05) is 0 Å². The van der Waals surface area contributed by atoms with Crippen LogP contribution in [0.2, 0.25) is 0 Å². The molecule has 0 saturated heterocycles. The van der Waals surface area contributed by atoms with Crippen molar-refractivity contribution in [1.82, 2.24) is 19.2 Å². The highest BCUT2D eigenvalue weighted by molar-refractivity contribution is 7.89. The number of hydrogen-bond donors (Lipinski definition) is 1. The summed E-state index contributed by atoms with van der Waals surface area (Å²) in [6, 6.07) is 0. The summed E-state index contributed by atoms with van der Waals surface area (Å²) in [5, 5.41) is 3.61. The number of nitrogens with zero attached hydrogens (tertiary/aromatic N) is 4. The molecule has 2 aromatic heterocycles. The third-order valence-corrected chi connectivity index (χ3v) is 2.77. The van der Waals surface area contributed by atoms with Gasteiger partial charge in [-0.2, -0.15) is 4.09 Å². The summed E-state index contributed by atoms with van der Waals surface area (Å²) in [4.78, 5) is 18.5. The van der Waals surface area contributed by atoms with Crippen molar-refractivity contribution < 1.29 is 13.2 Å². The summed E-state index contributed by atoms with van der Waals surface area (Å²) in [6.45, 7) is 0. The van der Waals surface area contributed by atoms with Crippen molar-refractivity contribution in [3.8, 4) is 0 Å². The van der Waals surface area contributed by atoms with E-state index in [1.165, 1.54) is 12.5 Å². The molecule has 2 rings (SSSR count). The fourth-order valence-corrected chi connectivity index (χ4v) is 1.98. The van der Waals surface area contributed by atoms with Crippen molar-refractivity contribution in [1.29, 1.82) is 0 Å². The lowest BCUT2D eigenvalue weighted by Gasteiger charge is -1.96. The van der Waals surface area contributed by atoms with Gasteiger partial charge in [-0.25, -0.2) is 18.4 Å². The predicted molar refractivity (Wildman–Crippen MR) is 54.1 cm³/mol. The molecule has 0 aliphatic rings. The molecule has 0 saturated carbocycles. The van der Waals surface area contributed by atoms with Crippen molar-refractivity contribution in [2.75, 3.05) is 6.26 Å². The average molecular weight is 241 g/mol. The van der Waals surface area contributed by atoms with Gasteiger partial charge in [0.2, 0.25) is 0 Å². The Kier molecular flexibility index (Phi) is 2.12. The van der Waals surface area contributed by atoms with Gasteiger partial charge in [0.25, 0.3) is 15.9 Å². The van der Waals surface area contributed by atoms with E-state index in [2.05, 4.69) is 15.1 Å². The van der Waals surface area contributed by atoms with Crippen molar-refractivity contribution in [3.63, 3.8) is 0 Å². The Morgan fingerprint density at radius 1 is 1.50 bits per heavy atom. The van der Waals surface area contributed by atoms with Crippen LogP contribution < -0.4 is 5.73 Å². The molecule has 2 N–H and O–H groups in total. The lowest BCUT2D eigenvalue weighted by Crippen LogP contribution is -2.15. The molecule has 2 heterocycles. The molecule has 84 valence electrons. The quantitative estimate of drug-likeness (QED) is 0.699. The number of carbonyl (C=O) groups is 1. The molecule has 16 heavy (non-hydrogen) atoms. The number of carbonyl (C=O) groups excluding carboxylic acids is 1. The van der Waals surface area contributed by atoms with E-state index in [4.69, 9.17) is 5.73 Å². The van der Waals surface area contributed by atoms with Crippen LogP contribution in [0, 0.1) is 0 Å². The molecule has 0 bridgehead atoms. The van der Waals surface area contributed by atoms with Crippen LogP contribution in [0.1, 0.15) is 10.5 Å². The smallest absolute Gasteiger partial charge is 0.271 e. The first-order valence-electron chi connectivity index (χ1n) is 4.10. The van der Waals surface area contributed by atoms with E-state index >= 15 is 0 Å². The van der Waals surface area contributed by atoms with E-state index in [0.717, 1.165) is 6.26 Å². The van der Waals surface area contributed by atoms with Crippen molar-refractivity contribution >= 4 is 27.0 Å². The lowest BCUT2D eigenvalue weighted by molar-refractivity contribution is 0.0996. The van der Waals surface area contributed by atoms with Gasteiger partial charge < -0.3 is 5.73 Å². The first-order valence-corrected chi connectivity index (χ1v) is 5.95. The number of hydrogen-bond acceptors (Lipinski definition) is 6. The molecular formula is C7H7N5O3S. The van der Waals surface area contributed by atoms with Crippen molar-refractivity contribution in [2.45, 2.75) is 0 Å². The summed E-state index contributed by atoms with van der Waals surface area (Å²) in [5.74, 6) is -0.842. The molecule has 9 heteroatoms. The average Bonchev–Trinajstić information content (AvgIpc) is 2.56. The summed E-state index contributed by atoms with van der Waals surface area (Å²) in [5.41, 5.74) is 5.12. The second-order valence-electron chi connectivity index (χ2n) is 3.08. The van der Waals surface area contributed by atoms with Crippen LogP contribution in [0.25, 0.3) is 11.0 Å². The van der Waals surface area contributed by atoms with Crippen LogP contribution in [-0.2, 0) is 10.0 Å². The topological polar surface area (TPSA) is 121 Å². The highest BCUT2D eigenvalue weighted by Gasteiger charge is 2.20. The zero-order valence-corrected chi connectivity index (χ0v) is 8.97. The molecule has 2 aromatic rings. The number of aromatic nitrogens is 4. The minimum atomic E-state index is -3.62. The molecule has 0 aliphatic heterocycles.